The van der Waals surface area contributed by atoms with E-state index in [-0.39, 0.29) is 5.83 Å². The van der Waals surface area contributed by atoms with Gasteiger partial charge in [0.25, 0.3) is 0 Å². The van der Waals surface area contributed by atoms with Gasteiger partial charge in [-0.3, -0.25) is 0 Å². The largest absolute Gasteiger partial charge is 0.207 e. The zero-order valence-electron chi connectivity index (χ0n) is 10.3. The summed E-state index contributed by atoms with van der Waals surface area (Å²) >= 11 is 0. The van der Waals surface area contributed by atoms with Crippen LogP contribution < -0.4 is 0 Å². The van der Waals surface area contributed by atoms with Crippen LogP contribution in [0.5, 0.6) is 0 Å². The molecule has 0 spiro atoms. The van der Waals surface area contributed by atoms with E-state index >= 15 is 0 Å². The van der Waals surface area contributed by atoms with Crippen LogP contribution in [0.1, 0.15) is 19.4 Å². The van der Waals surface area contributed by atoms with Crippen molar-refractivity contribution in [2.24, 2.45) is 0 Å². The van der Waals surface area contributed by atoms with E-state index in [1.807, 2.05) is 37.3 Å². The first-order valence-corrected chi connectivity index (χ1v) is 5.23. The molecule has 0 aliphatic carbocycles. The van der Waals surface area contributed by atoms with Crippen molar-refractivity contribution in [2.45, 2.75) is 13.8 Å². The summed E-state index contributed by atoms with van der Waals surface area (Å²) in [6, 6.07) is 9.95. The average molecular weight is 228 g/mol. The molecule has 0 unspecified atom stereocenters. The maximum absolute atomic E-state index is 12.2. The highest BCUT2D eigenvalue weighted by Crippen LogP contribution is 2.06. The summed E-state index contributed by atoms with van der Waals surface area (Å²) in [6.45, 7) is 10.2. The molecule has 0 aliphatic heterocycles. The summed E-state index contributed by atoms with van der Waals surface area (Å²) in [5.41, 5.74) is 1.52. The maximum Gasteiger partial charge on any atom is 0.125 e. The standard InChI is InChI=1S/C9H8.C7H9F/c1-2-6-9-7-4-3-5-8-9;1-4-5-7(8)6(2)3/h3-5,7-8H,1H3;4-5H,1-2H2,3H3/b;7-5+. The monoisotopic (exact) mass is 228 g/mol. The summed E-state index contributed by atoms with van der Waals surface area (Å²) in [6.07, 6.45) is 2.67. The van der Waals surface area contributed by atoms with Crippen molar-refractivity contribution in [1.82, 2.24) is 0 Å². The highest BCUT2D eigenvalue weighted by molar-refractivity contribution is 5.32. The van der Waals surface area contributed by atoms with Crippen LogP contribution in [0.3, 0.4) is 0 Å². The predicted octanol–water partition coefficient (Wildman–Crippen LogP) is 4.66. The van der Waals surface area contributed by atoms with Crippen LogP contribution in [0.4, 0.5) is 4.39 Å². The molecule has 17 heavy (non-hydrogen) atoms. The zero-order chi connectivity index (χ0) is 13.1. The van der Waals surface area contributed by atoms with Crippen molar-refractivity contribution in [2.75, 3.05) is 0 Å². The van der Waals surface area contributed by atoms with Gasteiger partial charge in [-0.05, 0) is 37.6 Å². The van der Waals surface area contributed by atoms with Crippen LogP contribution in [0.2, 0.25) is 0 Å². The molecule has 0 N–H and O–H groups in total. The van der Waals surface area contributed by atoms with Gasteiger partial charge in [0.1, 0.15) is 5.83 Å². The third-order valence-electron chi connectivity index (χ3n) is 1.72. The normalized spacial score (nSPS) is 9.24. The first kappa shape index (κ1) is 14.9. The topological polar surface area (TPSA) is 0 Å². The van der Waals surface area contributed by atoms with Crippen molar-refractivity contribution in [3.05, 3.63) is 72.6 Å². The van der Waals surface area contributed by atoms with Crippen LogP contribution in [0, 0.1) is 11.8 Å². The lowest BCUT2D eigenvalue weighted by Gasteiger charge is -1.87. The summed E-state index contributed by atoms with van der Waals surface area (Å²) in [7, 11) is 0. The van der Waals surface area contributed by atoms with Gasteiger partial charge in [-0.1, -0.05) is 43.4 Å². The van der Waals surface area contributed by atoms with Gasteiger partial charge in [0.2, 0.25) is 0 Å². The van der Waals surface area contributed by atoms with E-state index in [0.717, 1.165) is 5.56 Å². The second-order valence-electron chi connectivity index (χ2n) is 3.27. The van der Waals surface area contributed by atoms with Gasteiger partial charge in [0, 0.05) is 5.56 Å². The quantitative estimate of drug-likeness (QED) is 0.510. The van der Waals surface area contributed by atoms with Crippen LogP contribution in [0.15, 0.2) is 67.0 Å². The lowest BCUT2D eigenvalue weighted by molar-refractivity contribution is 0.653. The first-order valence-electron chi connectivity index (χ1n) is 5.23. The minimum Gasteiger partial charge on any atom is -0.207 e. The van der Waals surface area contributed by atoms with Crippen molar-refractivity contribution < 1.29 is 4.39 Å². The average Bonchev–Trinajstić information content (AvgIpc) is 2.32. The minimum atomic E-state index is -0.306. The van der Waals surface area contributed by atoms with Crippen LogP contribution in [-0.4, -0.2) is 0 Å². The number of hydrogen-bond acceptors (Lipinski definition) is 0. The lowest BCUT2D eigenvalue weighted by atomic mass is 10.2. The van der Waals surface area contributed by atoms with Crippen LogP contribution >= 0.6 is 0 Å². The fourth-order valence-corrected chi connectivity index (χ4v) is 0.912. The Balaban J connectivity index is 0.000000304. The molecule has 0 aliphatic rings. The van der Waals surface area contributed by atoms with E-state index in [9.17, 15) is 4.39 Å². The van der Waals surface area contributed by atoms with Gasteiger partial charge in [-0.25, -0.2) is 4.39 Å². The fourth-order valence-electron chi connectivity index (χ4n) is 0.912. The van der Waals surface area contributed by atoms with Crippen molar-refractivity contribution in [3.63, 3.8) is 0 Å². The highest BCUT2D eigenvalue weighted by Gasteiger charge is 1.88. The van der Waals surface area contributed by atoms with E-state index in [1.54, 1.807) is 6.92 Å². The smallest absolute Gasteiger partial charge is 0.125 e. The van der Waals surface area contributed by atoms with Gasteiger partial charge in [-0.15, -0.1) is 5.92 Å². The maximum atomic E-state index is 12.2. The number of allylic oxidation sites excluding steroid dienone is 4. The van der Waals surface area contributed by atoms with Gasteiger partial charge < -0.3 is 0 Å². The molecule has 88 valence electrons. The predicted molar refractivity (Wildman–Crippen MR) is 73.2 cm³/mol. The number of benzene rings is 1. The van der Waals surface area contributed by atoms with Crippen LogP contribution in [-0.2, 0) is 0 Å². The van der Waals surface area contributed by atoms with Gasteiger partial charge in [0.15, 0.2) is 0 Å². The third kappa shape index (κ3) is 7.81. The Hall–Kier alpha value is -2.07. The molecule has 1 heteroatoms. The number of rotatable bonds is 2. The van der Waals surface area contributed by atoms with Crippen molar-refractivity contribution >= 4 is 0 Å². The Labute approximate surface area is 103 Å². The number of halogens is 1. The van der Waals surface area contributed by atoms with Gasteiger partial charge in [-0.2, -0.15) is 0 Å². The molecule has 1 rings (SSSR count). The summed E-state index contributed by atoms with van der Waals surface area (Å²) in [5.74, 6) is 5.49. The molecule has 0 heterocycles. The molecule has 0 fully saturated rings. The molecule has 1 aromatic carbocycles. The number of hydrogen-bond donors (Lipinski definition) is 0. The van der Waals surface area contributed by atoms with Gasteiger partial charge in [0.05, 0.1) is 0 Å². The Morgan fingerprint density at radius 2 is 1.88 bits per heavy atom. The van der Waals surface area contributed by atoms with Gasteiger partial charge >= 0.3 is 0 Å². The van der Waals surface area contributed by atoms with E-state index in [4.69, 9.17) is 0 Å². The Bertz CT molecular complexity index is 441. The van der Waals surface area contributed by atoms with E-state index < -0.39 is 0 Å². The summed E-state index contributed by atoms with van der Waals surface area (Å²) in [5, 5.41) is 0. The molecule has 0 atom stereocenters. The van der Waals surface area contributed by atoms with E-state index in [0.29, 0.717) is 5.57 Å². The molecule has 0 radical (unpaired) electrons. The zero-order valence-corrected chi connectivity index (χ0v) is 10.3. The lowest BCUT2D eigenvalue weighted by Crippen LogP contribution is -1.69. The van der Waals surface area contributed by atoms with E-state index in [2.05, 4.69) is 25.0 Å². The Kier molecular flexibility index (Phi) is 8.06. The van der Waals surface area contributed by atoms with Crippen molar-refractivity contribution in [1.29, 1.82) is 0 Å². The second-order valence-corrected chi connectivity index (χ2v) is 3.27. The second kappa shape index (κ2) is 9.18. The molecule has 1 aromatic rings. The highest BCUT2D eigenvalue weighted by atomic mass is 19.1. The molecule has 0 saturated carbocycles. The Morgan fingerprint density at radius 1 is 1.29 bits per heavy atom. The van der Waals surface area contributed by atoms with Crippen molar-refractivity contribution in [3.8, 4) is 11.8 Å². The summed E-state index contributed by atoms with van der Waals surface area (Å²) in [4.78, 5) is 0. The minimum absolute atomic E-state index is 0.306. The fraction of sp³-hybridized carbons (Fsp3) is 0.125. The molecule has 0 aromatic heterocycles. The SMILES string of the molecule is C=C/C=C(/F)C(=C)C.CC#Cc1ccccc1. The van der Waals surface area contributed by atoms with E-state index in [1.165, 1.54) is 12.2 Å². The summed E-state index contributed by atoms with van der Waals surface area (Å²) < 4.78 is 12.2. The van der Waals surface area contributed by atoms with Crippen LogP contribution in [0.25, 0.3) is 0 Å². The third-order valence-corrected chi connectivity index (χ3v) is 1.72. The molecule has 0 amide bonds. The Morgan fingerprint density at radius 3 is 2.24 bits per heavy atom. The molecular formula is C16H17F. The first-order chi connectivity index (χ1) is 8.11. The molecule has 0 nitrogen and oxygen atoms in total. The molecule has 0 saturated heterocycles. The molecular weight excluding hydrogens is 211 g/mol. The molecule has 0 bridgehead atoms.